The van der Waals surface area contributed by atoms with Gasteiger partial charge in [-0.1, -0.05) is 31.7 Å². The molecule has 7 heteroatoms. The molecule has 28 heavy (non-hydrogen) atoms. The molecule has 1 aliphatic rings. The molecule has 0 saturated carbocycles. The Labute approximate surface area is 157 Å². The van der Waals surface area contributed by atoms with Crippen LogP contribution in [0.3, 0.4) is 0 Å². The number of carboxylic acid groups (broad SMARTS) is 1. The van der Waals surface area contributed by atoms with Crippen LogP contribution in [0.5, 0.6) is 0 Å². The fourth-order valence-corrected chi connectivity index (χ4v) is 3.56. The summed E-state index contributed by atoms with van der Waals surface area (Å²) in [6, 6.07) is 11.8. The third kappa shape index (κ3) is 2.22. The SMILES string of the molecule is C.O=C(O)c1cn2c3c(c(F)c(F)cc3c1=O)Nc1cc3ccccc3cc1-2. The van der Waals surface area contributed by atoms with Gasteiger partial charge in [0, 0.05) is 6.20 Å². The maximum Gasteiger partial charge on any atom is 0.341 e. The van der Waals surface area contributed by atoms with E-state index in [2.05, 4.69) is 5.32 Å². The fourth-order valence-electron chi connectivity index (χ4n) is 3.56. The number of carbonyl (C=O) groups is 1. The number of fused-ring (bicyclic) bond motifs is 3. The number of halogens is 2. The Bertz CT molecular complexity index is 1380. The van der Waals surface area contributed by atoms with Crippen molar-refractivity contribution in [3.8, 4) is 5.69 Å². The van der Waals surface area contributed by atoms with Gasteiger partial charge >= 0.3 is 5.97 Å². The van der Waals surface area contributed by atoms with Crippen LogP contribution in [0, 0.1) is 11.6 Å². The number of benzene rings is 3. The van der Waals surface area contributed by atoms with E-state index in [1.807, 2.05) is 24.3 Å². The molecule has 0 fully saturated rings. The standard InChI is InChI=1S/C20H10F2N2O3.CH4/c21-13-7-11-18-17(16(13)22)23-14-5-9-3-1-2-4-10(9)6-15(14)24(18)8-12(19(11)25)20(26)27;/h1-8,23H,(H,26,27);1H4. The van der Waals surface area contributed by atoms with Crippen LogP contribution in [-0.2, 0) is 0 Å². The molecule has 3 aromatic carbocycles. The minimum absolute atomic E-state index is 0. The highest BCUT2D eigenvalue weighted by atomic mass is 19.2. The molecular formula is C21H14F2N2O3. The number of anilines is 2. The molecule has 0 atom stereocenters. The second-order valence-corrected chi connectivity index (χ2v) is 6.33. The molecule has 0 spiro atoms. The van der Waals surface area contributed by atoms with Gasteiger partial charge in [0.05, 0.1) is 22.3 Å². The molecule has 0 amide bonds. The van der Waals surface area contributed by atoms with E-state index in [1.54, 1.807) is 12.1 Å². The second kappa shape index (κ2) is 5.88. The summed E-state index contributed by atoms with van der Waals surface area (Å²) in [5.74, 6) is -3.78. The van der Waals surface area contributed by atoms with Gasteiger partial charge in [0.15, 0.2) is 11.6 Å². The predicted octanol–water partition coefficient (Wildman–Crippen LogP) is 4.81. The van der Waals surface area contributed by atoms with Crippen molar-refractivity contribution in [1.82, 2.24) is 4.57 Å². The zero-order valence-electron chi connectivity index (χ0n) is 13.6. The monoisotopic (exact) mass is 380 g/mol. The van der Waals surface area contributed by atoms with Crippen molar-refractivity contribution in [3.05, 3.63) is 76.1 Å². The minimum atomic E-state index is -1.43. The smallest absolute Gasteiger partial charge is 0.341 e. The van der Waals surface area contributed by atoms with Gasteiger partial charge in [-0.3, -0.25) is 4.79 Å². The van der Waals surface area contributed by atoms with E-state index >= 15 is 0 Å². The molecule has 0 radical (unpaired) electrons. The molecule has 0 bridgehead atoms. The molecule has 2 N–H and O–H groups in total. The summed E-state index contributed by atoms with van der Waals surface area (Å²) in [4.78, 5) is 24.0. The highest BCUT2D eigenvalue weighted by molar-refractivity contribution is 6.03. The average molecular weight is 380 g/mol. The van der Waals surface area contributed by atoms with E-state index in [0.29, 0.717) is 11.4 Å². The lowest BCUT2D eigenvalue weighted by atomic mass is 10.0. The van der Waals surface area contributed by atoms with Crippen molar-refractivity contribution in [2.24, 2.45) is 0 Å². The first-order valence-corrected chi connectivity index (χ1v) is 8.06. The molecular weight excluding hydrogens is 366 g/mol. The first kappa shape index (κ1) is 17.7. The van der Waals surface area contributed by atoms with Crippen LogP contribution in [0.1, 0.15) is 17.8 Å². The normalized spacial score (nSPS) is 11.6. The van der Waals surface area contributed by atoms with Gasteiger partial charge in [0.1, 0.15) is 11.3 Å². The number of hydrogen-bond donors (Lipinski definition) is 2. The maximum atomic E-state index is 14.5. The lowest BCUT2D eigenvalue weighted by Gasteiger charge is -2.25. The van der Waals surface area contributed by atoms with Crippen LogP contribution in [0.2, 0.25) is 0 Å². The molecule has 5 nitrogen and oxygen atoms in total. The third-order valence-corrected chi connectivity index (χ3v) is 4.79. The number of nitrogens with zero attached hydrogens (tertiary/aromatic N) is 1. The van der Waals surface area contributed by atoms with E-state index < -0.39 is 28.6 Å². The lowest BCUT2D eigenvalue weighted by molar-refractivity contribution is 0.0695. The number of rotatable bonds is 1. The van der Waals surface area contributed by atoms with Crippen molar-refractivity contribution in [1.29, 1.82) is 0 Å². The first-order valence-electron chi connectivity index (χ1n) is 8.06. The Balaban J connectivity index is 0.00000192. The van der Waals surface area contributed by atoms with Gasteiger partial charge in [-0.2, -0.15) is 0 Å². The number of aromatic nitrogens is 1. The summed E-state index contributed by atoms with van der Waals surface area (Å²) >= 11 is 0. The quantitative estimate of drug-likeness (QED) is 0.438. The summed E-state index contributed by atoms with van der Waals surface area (Å²) < 4.78 is 30.0. The average Bonchev–Trinajstić information content (AvgIpc) is 2.65. The van der Waals surface area contributed by atoms with Gasteiger partial charge in [-0.15, -0.1) is 0 Å². The highest BCUT2D eigenvalue weighted by Crippen LogP contribution is 2.40. The predicted molar refractivity (Wildman–Crippen MR) is 104 cm³/mol. The van der Waals surface area contributed by atoms with Gasteiger partial charge in [0.25, 0.3) is 0 Å². The number of nitrogens with one attached hydrogen (secondary N) is 1. The Kier molecular flexibility index (Phi) is 3.71. The van der Waals surface area contributed by atoms with E-state index in [1.165, 1.54) is 4.57 Å². The number of carboxylic acids is 1. The maximum absolute atomic E-state index is 14.5. The van der Waals surface area contributed by atoms with Crippen LogP contribution in [0.25, 0.3) is 27.4 Å². The minimum Gasteiger partial charge on any atom is -0.477 e. The molecule has 4 aromatic rings. The van der Waals surface area contributed by atoms with Crippen LogP contribution in [-0.4, -0.2) is 15.6 Å². The summed E-state index contributed by atoms with van der Waals surface area (Å²) in [7, 11) is 0. The molecule has 1 aromatic heterocycles. The van der Waals surface area contributed by atoms with E-state index in [-0.39, 0.29) is 24.0 Å². The van der Waals surface area contributed by atoms with Crippen molar-refractivity contribution >= 4 is 39.0 Å². The van der Waals surface area contributed by atoms with Gasteiger partial charge in [-0.05, 0) is 29.0 Å². The van der Waals surface area contributed by atoms with Crippen LogP contribution in [0.15, 0.2) is 53.5 Å². The van der Waals surface area contributed by atoms with Crippen molar-refractivity contribution in [2.75, 3.05) is 5.32 Å². The Hall–Kier alpha value is -3.74. The van der Waals surface area contributed by atoms with Crippen molar-refractivity contribution < 1.29 is 18.7 Å². The fraction of sp³-hybridized carbons (Fsp3) is 0.0476. The van der Waals surface area contributed by atoms with Crippen LogP contribution >= 0.6 is 0 Å². The van der Waals surface area contributed by atoms with Gasteiger partial charge in [-0.25, -0.2) is 13.6 Å². The first-order chi connectivity index (χ1) is 13.0. The third-order valence-electron chi connectivity index (χ3n) is 4.79. The Morgan fingerprint density at radius 1 is 1.07 bits per heavy atom. The molecule has 0 aliphatic carbocycles. The molecule has 1 aliphatic heterocycles. The van der Waals surface area contributed by atoms with Crippen LogP contribution in [0.4, 0.5) is 20.2 Å². The van der Waals surface area contributed by atoms with E-state index in [4.69, 9.17) is 0 Å². The number of pyridine rings is 1. The van der Waals surface area contributed by atoms with Crippen LogP contribution < -0.4 is 10.7 Å². The summed E-state index contributed by atoms with van der Waals surface area (Å²) in [6.45, 7) is 0. The zero-order chi connectivity index (χ0) is 18.9. The lowest BCUT2D eigenvalue weighted by Crippen LogP contribution is -2.22. The topological polar surface area (TPSA) is 71.3 Å². The molecule has 2 heterocycles. The van der Waals surface area contributed by atoms with Crippen molar-refractivity contribution in [3.63, 3.8) is 0 Å². The van der Waals surface area contributed by atoms with E-state index in [9.17, 15) is 23.5 Å². The molecule has 0 unspecified atom stereocenters. The van der Waals surface area contributed by atoms with Gasteiger partial charge in [0.2, 0.25) is 5.43 Å². The largest absolute Gasteiger partial charge is 0.477 e. The molecule has 5 rings (SSSR count). The number of hydrogen-bond acceptors (Lipinski definition) is 3. The Morgan fingerprint density at radius 3 is 2.43 bits per heavy atom. The van der Waals surface area contributed by atoms with Gasteiger partial charge < -0.3 is 15.0 Å². The highest BCUT2D eigenvalue weighted by Gasteiger charge is 2.27. The number of aromatic carboxylic acids is 1. The zero-order valence-corrected chi connectivity index (χ0v) is 13.6. The second-order valence-electron chi connectivity index (χ2n) is 6.33. The van der Waals surface area contributed by atoms with Crippen molar-refractivity contribution in [2.45, 2.75) is 7.43 Å². The van der Waals surface area contributed by atoms with E-state index in [0.717, 1.165) is 23.0 Å². The Morgan fingerprint density at radius 2 is 1.75 bits per heavy atom. The summed E-state index contributed by atoms with van der Waals surface area (Å²) in [6.07, 6.45) is 1.16. The summed E-state index contributed by atoms with van der Waals surface area (Å²) in [5.41, 5.74) is -0.444. The molecule has 0 saturated heterocycles. The summed E-state index contributed by atoms with van der Waals surface area (Å²) in [5, 5.41) is 13.8. The molecule has 140 valence electrons.